The molecule has 2 aliphatic carbocycles. The van der Waals surface area contributed by atoms with E-state index in [0.717, 1.165) is 21.7 Å². The molecule has 1 aliphatic heterocycles. The molecule has 162 valence electrons. The first-order chi connectivity index (χ1) is 15.9. The summed E-state index contributed by atoms with van der Waals surface area (Å²) < 4.78 is 5.72. The van der Waals surface area contributed by atoms with Gasteiger partial charge in [0.15, 0.2) is 0 Å². The minimum atomic E-state index is -3.34. The molecule has 2 heteroatoms. The summed E-state index contributed by atoms with van der Waals surface area (Å²) in [6.45, 7) is 3.89. The van der Waals surface area contributed by atoms with Gasteiger partial charge >= 0.3 is 198 Å². The average molecular weight is 526 g/mol. The summed E-state index contributed by atoms with van der Waals surface area (Å²) in [5, 5.41) is 0. The van der Waals surface area contributed by atoms with Crippen molar-refractivity contribution in [2.24, 2.45) is 17.8 Å². The molecule has 0 N–H and O–H groups in total. The van der Waals surface area contributed by atoms with Gasteiger partial charge in [-0.3, -0.25) is 0 Å². The van der Waals surface area contributed by atoms with Crippen molar-refractivity contribution >= 4 is 29.1 Å². The van der Waals surface area contributed by atoms with E-state index in [-0.39, 0.29) is 0 Å². The second kappa shape index (κ2) is 8.83. The summed E-state index contributed by atoms with van der Waals surface area (Å²) >= 11 is -3.34. The fourth-order valence-corrected chi connectivity index (χ4v) is 24.9. The SMILES string of the molecule is C1=C[C@H]2C[C@@H]1[C@@H](CN1CCCC1)[C@@H]2[Sn]([c]1ccccc1)([c]1ccccc1)[c]1ccccc1. The normalized spacial score (nSPS) is 27.2. The van der Waals surface area contributed by atoms with E-state index in [1.807, 2.05) is 0 Å². The molecule has 1 nitrogen and oxygen atoms in total. The Bertz CT molecular complexity index is 959. The number of likely N-dealkylation sites (tertiary alicyclic amines) is 1. The third-order valence-electron chi connectivity index (χ3n) is 8.48. The van der Waals surface area contributed by atoms with E-state index >= 15 is 0 Å². The minimum absolute atomic E-state index is 0.726. The first-order valence-electron chi connectivity index (χ1n) is 12.4. The molecule has 1 saturated carbocycles. The Kier molecular flexibility index (Phi) is 5.73. The van der Waals surface area contributed by atoms with Gasteiger partial charge in [-0.15, -0.1) is 0 Å². The third kappa shape index (κ3) is 3.40. The summed E-state index contributed by atoms with van der Waals surface area (Å²) in [6, 6.07) is 35.1. The molecule has 0 aromatic heterocycles. The number of hydrogen-bond acceptors (Lipinski definition) is 1. The van der Waals surface area contributed by atoms with Crippen molar-refractivity contribution in [1.29, 1.82) is 0 Å². The van der Waals surface area contributed by atoms with Crippen LogP contribution in [0.2, 0.25) is 3.93 Å². The van der Waals surface area contributed by atoms with E-state index in [2.05, 4.69) is 108 Å². The zero-order valence-corrected chi connectivity index (χ0v) is 21.7. The maximum atomic E-state index is 2.78. The summed E-state index contributed by atoms with van der Waals surface area (Å²) in [5.74, 6) is 2.27. The van der Waals surface area contributed by atoms with Gasteiger partial charge in [-0.25, -0.2) is 0 Å². The molecule has 1 saturated heterocycles. The summed E-state index contributed by atoms with van der Waals surface area (Å²) in [4.78, 5) is 2.78. The van der Waals surface area contributed by atoms with Gasteiger partial charge in [-0.1, -0.05) is 0 Å². The Morgan fingerprint density at radius 2 is 1.09 bits per heavy atom. The Balaban J connectivity index is 1.59. The van der Waals surface area contributed by atoms with Gasteiger partial charge in [0.25, 0.3) is 0 Å². The van der Waals surface area contributed by atoms with Crippen LogP contribution >= 0.6 is 0 Å². The van der Waals surface area contributed by atoms with Crippen molar-refractivity contribution < 1.29 is 0 Å². The van der Waals surface area contributed by atoms with Crippen LogP contribution in [0, 0.1) is 17.8 Å². The van der Waals surface area contributed by atoms with Crippen LogP contribution in [0.1, 0.15) is 19.3 Å². The zero-order valence-electron chi connectivity index (χ0n) is 18.8. The summed E-state index contributed by atoms with van der Waals surface area (Å²) in [7, 11) is 0. The second-order valence-corrected chi connectivity index (χ2v) is 21.5. The number of allylic oxidation sites excluding steroid dienone is 2. The Hall–Kier alpha value is -1.84. The monoisotopic (exact) mass is 527 g/mol. The topological polar surface area (TPSA) is 3.24 Å². The number of hydrogen-bond donors (Lipinski definition) is 0. The van der Waals surface area contributed by atoms with Gasteiger partial charge in [0.2, 0.25) is 0 Å². The van der Waals surface area contributed by atoms with Gasteiger partial charge < -0.3 is 0 Å². The van der Waals surface area contributed by atoms with Crippen molar-refractivity contribution in [2.45, 2.75) is 23.2 Å². The van der Waals surface area contributed by atoms with Crippen LogP contribution in [0.4, 0.5) is 0 Å². The molecule has 2 bridgehead atoms. The van der Waals surface area contributed by atoms with Gasteiger partial charge in [0.1, 0.15) is 0 Å². The molecule has 32 heavy (non-hydrogen) atoms. The van der Waals surface area contributed by atoms with Crippen LogP contribution < -0.4 is 10.7 Å². The van der Waals surface area contributed by atoms with E-state index in [4.69, 9.17) is 0 Å². The van der Waals surface area contributed by atoms with Gasteiger partial charge in [-0.2, -0.15) is 0 Å². The van der Waals surface area contributed by atoms with Gasteiger partial charge in [0, 0.05) is 0 Å². The van der Waals surface area contributed by atoms with Gasteiger partial charge in [0.05, 0.1) is 0 Å². The Labute approximate surface area is 197 Å². The molecule has 0 spiro atoms. The first kappa shape index (κ1) is 20.7. The van der Waals surface area contributed by atoms with Crippen molar-refractivity contribution in [3.8, 4) is 0 Å². The van der Waals surface area contributed by atoms with Crippen LogP contribution in [-0.2, 0) is 0 Å². The predicted octanol–water partition coefficient (Wildman–Crippen LogP) is 4.44. The van der Waals surface area contributed by atoms with Crippen molar-refractivity contribution in [3.63, 3.8) is 0 Å². The van der Waals surface area contributed by atoms with Gasteiger partial charge in [-0.05, 0) is 0 Å². The van der Waals surface area contributed by atoms with Crippen molar-refractivity contribution in [3.05, 3.63) is 103 Å². The molecule has 3 aliphatic rings. The predicted molar refractivity (Wildman–Crippen MR) is 138 cm³/mol. The molecule has 0 amide bonds. The molecule has 0 unspecified atom stereocenters. The van der Waals surface area contributed by atoms with Crippen molar-refractivity contribution in [1.82, 2.24) is 4.90 Å². The molecule has 3 aromatic rings. The van der Waals surface area contributed by atoms with E-state index in [9.17, 15) is 0 Å². The van der Waals surface area contributed by atoms with Crippen LogP contribution in [0.25, 0.3) is 0 Å². The molecule has 2 fully saturated rings. The molecular weight excluding hydrogens is 493 g/mol. The number of rotatable bonds is 6. The van der Waals surface area contributed by atoms with Crippen LogP contribution in [0.15, 0.2) is 103 Å². The molecule has 0 radical (unpaired) electrons. The number of fused-ring (bicyclic) bond motifs is 2. The van der Waals surface area contributed by atoms with Crippen LogP contribution in [-0.4, -0.2) is 42.9 Å². The molecular formula is C30H33NSn. The molecule has 1 heterocycles. The Morgan fingerprint density at radius 3 is 1.59 bits per heavy atom. The number of nitrogens with zero attached hydrogens (tertiary/aromatic N) is 1. The Morgan fingerprint density at radius 1 is 0.625 bits per heavy atom. The van der Waals surface area contributed by atoms with E-state index in [1.165, 1.54) is 38.9 Å². The van der Waals surface area contributed by atoms with E-state index in [1.54, 1.807) is 10.7 Å². The van der Waals surface area contributed by atoms with Crippen LogP contribution in [0.5, 0.6) is 0 Å². The maximum absolute atomic E-state index is 3.34. The quantitative estimate of drug-likeness (QED) is 0.339. The fourth-order valence-electron chi connectivity index (χ4n) is 7.26. The molecule has 4 atom stereocenters. The average Bonchev–Trinajstić information content (AvgIpc) is 3.62. The summed E-state index contributed by atoms with van der Waals surface area (Å²) in [5.41, 5.74) is 0. The van der Waals surface area contributed by atoms with Crippen molar-refractivity contribution in [2.75, 3.05) is 19.6 Å². The van der Waals surface area contributed by atoms with Crippen LogP contribution in [0.3, 0.4) is 0 Å². The second-order valence-electron chi connectivity index (χ2n) is 10.1. The molecule has 6 rings (SSSR count). The fraction of sp³-hybridized carbons (Fsp3) is 0.333. The molecule has 3 aromatic carbocycles. The zero-order chi connectivity index (χ0) is 21.4. The van der Waals surface area contributed by atoms with E-state index < -0.39 is 18.4 Å². The third-order valence-corrected chi connectivity index (χ3v) is 24.4. The summed E-state index contributed by atoms with van der Waals surface area (Å²) in [6.07, 6.45) is 9.32. The number of benzene rings is 3. The first-order valence-corrected chi connectivity index (χ1v) is 18.4. The standard InChI is InChI=1S/C12H18N.3C6H5.Sn/c1-2-6-13(5-1)9-12-8-10-3-4-11(12)7-10;3*1-2-4-6-5-3-1;/h3-4,8,10-12H,1-2,5-7,9H2;3*1-5H;/t10-,11+,12+;;;;/m0..../s1. The van der Waals surface area contributed by atoms with E-state index in [0.29, 0.717) is 0 Å².